The summed E-state index contributed by atoms with van der Waals surface area (Å²) >= 11 is 9.94. The summed E-state index contributed by atoms with van der Waals surface area (Å²) in [7, 11) is 2.82. The van der Waals surface area contributed by atoms with E-state index in [1.165, 1.54) is 62.5 Å². The molecule has 0 aliphatic carbocycles. The van der Waals surface area contributed by atoms with E-state index in [0.717, 1.165) is 29.2 Å². The monoisotopic (exact) mass is 606 g/mol. The molecule has 0 bridgehead atoms. The Morgan fingerprint density at radius 2 is 1.63 bits per heavy atom. The smallest absolute Gasteiger partial charge is 0.294 e. The molecule has 0 amide bonds. The van der Waals surface area contributed by atoms with Crippen LogP contribution in [-0.4, -0.2) is 30.2 Å². The normalized spacial score (nSPS) is 11.3. The predicted octanol–water partition coefficient (Wildman–Crippen LogP) is 6.26. The van der Waals surface area contributed by atoms with Gasteiger partial charge in [0.2, 0.25) is 0 Å². The number of nitro groups is 1. The molecule has 1 aromatic carbocycles. The Bertz CT molecular complexity index is 1480. The summed E-state index contributed by atoms with van der Waals surface area (Å²) in [4.78, 5) is 55.0. The fourth-order valence-electron chi connectivity index (χ4n) is 4.70. The van der Waals surface area contributed by atoms with Crippen LogP contribution in [0.3, 0.4) is 0 Å². The van der Waals surface area contributed by atoms with E-state index in [9.17, 15) is 24.5 Å². The Kier molecular flexibility index (Phi) is 10.4. The molecule has 2 heterocycles. The second kappa shape index (κ2) is 13.3. The van der Waals surface area contributed by atoms with Crippen LogP contribution in [-0.2, 0) is 14.1 Å². The van der Waals surface area contributed by atoms with Gasteiger partial charge in [-0.15, -0.1) is 0 Å². The summed E-state index contributed by atoms with van der Waals surface area (Å²) in [6, 6.07) is 3.89. The molecule has 0 spiro atoms. The highest BCUT2D eigenvalue weighted by Gasteiger charge is 2.26. The number of Topliss-reactive ketones (excluding diaryl/α,β-unsaturated/α-hetero) is 1. The van der Waals surface area contributed by atoms with Gasteiger partial charge in [-0.2, -0.15) is 0 Å². The van der Waals surface area contributed by atoms with Crippen molar-refractivity contribution in [1.29, 1.82) is 0 Å². The summed E-state index contributed by atoms with van der Waals surface area (Å²) in [6.07, 6.45) is 8.73. The third kappa shape index (κ3) is 6.40. The van der Waals surface area contributed by atoms with Crippen molar-refractivity contribution >= 4 is 50.0 Å². The maximum Gasteiger partial charge on any atom is 0.332 e. The fourth-order valence-corrected chi connectivity index (χ4v) is 5.31. The quantitative estimate of drug-likeness (QED) is 0.0744. The zero-order valence-corrected chi connectivity index (χ0v) is 24.2. The molecule has 0 atom stereocenters. The lowest BCUT2D eigenvalue weighted by Gasteiger charge is -2.17. The lowest BCUT2D eigenvalue weighted by atomic mass is 9.91. The second-order valence-electron chi connectivity index (χ2n) is 9.46. The van der Waals surface area contributed by atoms with Gasteiger partial charge in [-0.3, -0.25) is 28.8 Å². The van der Waals surface area contributed by atoms with E-state index in [4.69, 9.17) is 11.6 Å². The van der Waals surface area contributed by atoms with Crippen LogP contribution in [0.4, 0.5) is 5.69 Å². The summed E-state index contributed by atoms with van der Waals surface area (Å²) in [5, 5.41) is 12.7. The minimum Gasteiger partial charge on any atom is -0.294 e. The number of carbonyl (C=O) groups excluding carboxylic acids is 1. The third-order valence-electron chi connectivity index (χ3n) is 6.77. The standard InChI is InChI=1S/C27H32BrClN4O5/c1-17-22(21(34)12-10-8-6-4-5-7-9-11-15-28)23(19-16-18(33(37)38)13-14-20(19)29)24-25(30-17)31(2)27(36)32(3)26(24)35/h13-14,16H,4-12,15H2,1-3H3. The Morgan fingerprint density at radius 3 is 2.24 bits per heavy atom. The van der Waals surface area contributed by atoms with Crippen molar-refractivity contribution in [3.05, 3.63) is 65.4 Å². The number of aromatic nitrogens is 3. The first-order chi connectivity index (χ1) is 18.1. The van der Waals surface area contributed by atoms with Gasteiger partial charge in [-0.25, -0.2) is 9.78 Å². The number of non-ortho nitro benzene ring substituents is 1. The van der Waals surface area contributed by atoms with Gasteiger partial charge in [0.25, 0.3) is 11.2 Å². The van der Waals surface area contributed by atoms with E-state index in [-0.39, 0.29) is 50.6 Å². The first-order valence-electron chi connectivity index (χ1n) is 12.7. The largest absolute Gasteiger partial charge is 0.332 e. The first-order valence-corrected chi connectivity index (χ1v) is 14.2. The van der Waals surface area contributed by atoms with Crippen LogP contribution < -0.4 is 11.2 Å². The number of ketones is 1. The van der Waals surface area contributed by atoms with Crippen LogP contribution in [0.25, 0.3) is 22.2 Å². The zero-order valence-electron chi connectivity index (χ0n) is 21.9. The minimum atomic E-state index is -0.651. The molecule has 3 rings (SSSR count). The summed E-state index contributed by atoms with van der Waals surface area (Å²) in [5.74, 6) is -0.220. The third-order valence-corrected chi connectivity index (χ3v) is 7.66. The van der Waals surface area contributed by atoms with E-state index in [0.29, 0.717) is 12.1 Å². The van der Waals surface area contributed by atoms with Gasteiger partial charge < -0.3 is 0 Å². The van der Waals surface area contributed by atoms with Crippen molar-refractivity contribution in [1.82, 2.24) is 14.1 Å². The molecule has 0 aliphatic heterocycles. The maximum atomic E-state index is 13.6. The number of hydrogen-bond acceptors (Lipinski definition) is 6. The number of pyridine rings is 1. The van der Waals surface area contributed by atoms with Crippen molar-refractivity contribution in [3.8, 4) is 11.1 Å². The number of rotatable bonds is 13. The number of hydrogen-bond donors (Lipinski definition) is 0. The summed E-state index contributed by atoms with van der Waals surface area (Å²) in [5.41, 5.74) is -0.486. The number of halogens is 2. The average Bonchev–Trinajstić information content (AvgIpc) is 2.89. The molecule has 0 N–H and O–H groups in total. The van der Waals surface area contributed by atoms with Crippen molar-refractivity contribution in [3.63, 3.8) is 0 Å². The molecule has 2 aromatic heterocycles. The topological polar surface area (TPSA) is 117 Å². The molecule has 9 nitrogen and oxygen atoms in total. The molecule has 0 aliphatic rings. The molecule has 3 aromatic rings. The van der Waals surface area contributed by atoms with Gasteiger partial charge in [-0.05, 0) is 25.8 Å². The number of nitrogens with zero attached hydrogens (tertiary/aromatic N) is 4. The molecule has 38 heavy (non-hydrogen) atoms. The number of unbranched alkanes of at least 4 members (excludes halogenated alkanes) is 7. The number of aryl methyl sites for hydroxylation is 2. The highest BCUT2D eigenvalue weighted by molar-refractivity contribution is 9.09. The average molecular weight is 608 g/mol. The SMILES string of the molecule is Cc1nc2c(c(-c3cc([N+](=O)[O-])ccc3Cl)c1C(=O)CCCCCCCCCCBr)c(=O)n(C)c(=O)n2C. The molecule has 204 valence electrons. The first kappa shape index (κ1) is 29.7. The van der Waals surface area contributed by atoms with Crippen LogP contribution in [0.1, 0.15) is 73.8 Å². The van der Waals surface area contributed by atoms with Crippen LogP contribution >= 0.6 is 27.5 Å². The van der Waals surface area contributed by atoms with Gasteiger partial charge in [0.15, 0.2) is 5.78 Å². The van der Waals surface area contributed by atoms with E-state index in [1.54, 1.807) is 6.92 Å². The maximum absolute atomic E-state index is 13.6. The lowest BCUT2D eigenvalue weighted by Crippen LogP contribution is -2.38. The Hall–Kier alpha value is -2.85. The number of nitro benzene ring substituents is 1. The van der Waals surface area contributed by atoms with Gasteiger partial charge in [-0.1, -0.05) is 66.1 Å². The molecule has 0 saturated carbocycles. The molecule has 0 unspecified atom stereocenters. The lowest BCUT2D eigenvalue weighted by molar-refractivity contribution is -0.384. The highest BCUT2D eigenvalue weighted by atomic mass is 79.9. The summed E-state index contributed by atoms with van der Waals surface area (Å²) < 4.78 is 2.16. The van der Waals surface area contributed by atoms with Gasteiger partial charge in [0, 0.05) is 59.7 Å². The van der Waals surface area contributed by atoms with Gasteiger partial charge in [0.1, 0.15) is 5.65 Å². The molecular weight excluding hydrogens is 576 g/mol. The minimum absolute atomic E-state index is 0.0226. The van der Waals surface area contributed by atoms with E-state index in [2.05, 4.69) is 20.9 Å². The van der Waals surface area contributed by atoms with E-state index >= 15 is 0 Å². The Labute approximate surface area is 234 Å². The predicted molar refractivity (Wildman–Crippen MR) is 154 cm³/mol. The molecule has 11 heteroatoms. The zero-order chi connectivity index (χ0) is 28.0. The van der Waals surface area contributed by atoms with Crippen LogP contribution in [0.15, 0.2) is 27.8 Å². The summed E-state index contributed by atoms with van der Waals surface area (Å²) in [6.45, 7) is 1.64. The van der Waals surface area contributed by atoms with Crippen molar-refractivity contribution < 1.29 is 9.72 Å². The van der Waals surface area contributed by atoms with Gasteiger partial charge in [0.05, 0.1) is 16.0 Å². The highest BCUT2D eigenvalue weighted by Crippen LogP contribution is 2.38. The van der Waals surface area contributed by atoms with Crippen molar-refractivity contribution in [2.75, 3.05) is 5.33 Å². The number of alkyl halides is 1. The molecule has 0 fully saturated rings. The fraction of sp³-hybridized carbons (Fsp3) is 0.481. The van der Waals surface area contributed by atoms with Crippen molar-refractivity contribution in [2.45, 2.75) is 64.7 Å². The number of carbonyl (C=O) groups is 1. The van der Waals surface area contributed by atoms with Gasteiger partial charge >= 0.3 is 5.69 Å². The number of benzene rings is 1. The Balaban J connectivity index is 2.06. The van der Waals surface area contributed by atoms with E-state index < -0.39 is 16.2 Å². The van der Waals surface area contributed by atoms with Crippen molar-refractivity contribution in [2.24, 2.45) is 14.1 Å². The second-order valence-corrected chi connectivity index (χ2v) is 10.7. The molecule has 0 radical (unpaired) electrons. The van der Waals surface area contributed by atoms with Crippen LogP contribution in [0, 0.1) is 17.0 Å². The number of fused-ring (bicyclic) bond motifs is 1. The van der Waals surface area contributed by atoms with Crippen LogP contribution in [0.5, 0.6) is 0 Å². The Morgan fingerprint density at radius 1 is 1.03 bits per heavy atom. The molecular formula is C27H32BrClN4O5. The van der Waals surface area contributed by atoms with E-state index in [1.807, 2.05) is 0 Å². The molecule has 0 saturated heterocycles. The van der Waals surface area contributed by atoms with Crippen LogP contribution in [0.2, 0.25) is 5.02 Å².